The van der Waals surface area contributed by atoms with Crippen LogP contribution >= 0.6 is 23.2 Å². The number of sulfonamides is 1. The van der Waals surface area contributed by atoms with Gasteiger partial charge in [0.25, 0.3) is 10.0 Å². The van der Waals surface area contributed by atoms with Crippen LogP contribution in [0.2, 0.25) is 10.0 Å². The summed E-state index contributed by atoms with van der Waals surface area (Å²) in [4.78, 5) is 3.78. The maximum Gasteiger partial charge on any atom is 0.264 e. The zero-order chi connectivity index (χ0) is 14.0. The Morgan fingerprint density at radius 1 is 1.16 bits per heavy atom. The largest absolute Gasteiger partial charge is 0.399 e. The molecule has 1 heterocycles. The number of nitrogens with one attached hydrogen (secondary N) is 1. The molecule has 0 atom stereocenters. The van der Waals surface area contributed by atoms with E-state index in [1.54, 1.807) is 0 Å². The topological polar surface area (TPSA) is 85.1 Å². The van der Waals surface area contributed by atoms with Crippen molar-refractivity contribution in [1.29, 1.82) is 0 Å². The monoisotopic (exact) mass is 317 g/mol. The molecule has 100 valence electrons. The summed E-state index contributed by atoms with van der Waals surface area (Å²) in [6.45, 7) is 0. The van der Waals surface area contributed by atoms with Gasteiger partial charge in [0.15, 0.2) is 0 Å². The number of rotatable bonds is 3. The van der Waals surface area contributed by atoms with E-state index in [2.05, 4.69) is 9.71 Å². The molecular weight excluding hydrogens is 309 g/mol. The third-order valence-corrected chi connectivity index (χ3v) is 4.27. The molecule has 0 fully saturated rings. The predicted molar refractivity (Wildman–Crippen MR) is 75.9 cm³/mol. The van der Waals surface area contributed by atoms with Crippen molar-refractivity contribution in [2.45, 2.75) is 4.90 Å². The molecule has 0 radical (unpaired) electrons. The van der Waals surface area contributed by atoms with Crippen molar-refractivity contribution in [2.24, 2.45) is 0 Å². The first kappa shape index (κ1) is 13.9. The van der Waals surface area contributed by atoms with E-state index in [1.807, 2.05) is 0 Å². The standard InChI is InChI=1S/C11H9Cl2N3O2S/c12-7-1-4-11(15-6-7)16-19(17,18)10-3-2-8(14)5-9(10)13/h1-6H,14H2,(H,15,16). The number of nitrogen functional groups attached to an aromatic ring is 1. The Hall–Kier alpha value is -1.50. The van der Waals surface area contributed by atoms with E-state index < -0.39 is 10.0 Å². The Labute approximate surface area is 120 Å². The van der Waals surface area contributed by atoms with Gasteiger partial charge in [-0.1, -0.05) is 23.2 Å². The van der Waals surface area contributed by atoms with E-state index in [0.29, 0.717) is 10.7 Å². The van der Waals surface area contributed by atoms with Crippen LogP contribution in [-0.4, -0.2) is 13.4 Å². The number of aromatic nitrogens is 1. The lowest BCUT2D eigenvalue weighted by Crippen LogP contribution is -2.14. The van der Waals surface area contributed by atoms with Crippen LogP contribution in [0.4, 0.5) is 11.5 Å². The number of anilines is 2. The molecule has 8 heteroatoms. The highest BCUT2D eigenvalue weighted by atomic mass is 35.5. The number of benzene rings is 1. The van der Waals surface area contributed by atoms with Crippen LogP contribution in [-0.2, 0) is 10.0 Å². The first-order valence-electron chi connectivity index (χ1n) is 5.08. The number of halogens is 2. The molecule has 0 aliphatic rings. The molecule has 0 unspecified atom stereocenters. The molecule has 0 bridgehead atoms. The average molecular weight is 318 g/mol. The van der Waals surface area contributed by atoms with Crippen LogP contribution in [0, 0.1) is 0 Å². The fourth-order valence-electron chi connectivity index (χ4n) is 1.36. The predicted octanol–water partition coefficient (Wildman–Crippen LogP) is 2.77. The fraction of sp³-hybridized carbons (Fsp3) is 0. The molecule has 0 aliphatic carbocycles. The maximum absolute atomic E-state index is 12.1. The second kappa shape index (κ2) is 5.24. The Kier molecular flexibility index (Phi) is 3.84. The van der Waals surface area contributed by atoms with Gasteiger partial charge in [-0.3, -0.25) is 4.72 Å². The number of hydrogen-bond acceptors (Lipinski definition) is 4. The summed E-state index contributed by atoms with van der Waals surface area (Å²) in [5.74, 6) is 0.150. The molecule has 0 spiro atoms. The van der Waals surface area contributed by atoms with Crippen molar-refractivity contribution in [2.75, 3.05) is 10.5 Å². The Bertz CT molecular complexity index is 702. The van der Waals surface area contributed by atoms with Crippen molar-refractivity contribution in [1.82, 2.24) is 4.98 Å². The maximum atomic E-state index is 12.1. The van der Waals surface area contributed by atoms with Crippen molar-refractivity contribution >= 4 is 44.7 Å². The number of nitrogens with two attached hydrogens (primary N) is 1. The van der Waals surface area contributed by atoms with E-state index in [4.69, 9.17) is 28.9 Å². The van der Waals surface area contributed by atoms with Gasteiger partial charge in [0.2, 0.25) is 0 Å². The van der Waals surface area contributed by atoms with Gasteiger partial charge >= 0.3 is 0 Å². The number of pyridine rings is 1. The van der Waals surface area contributed by atoms with E-state index in [-0.39, 0.29) is 15.7 Å². The van der Waals surface area contributed by atoms with Gasteiger partial charge < -0.3 is 5.73 Å². The van der Waals surface area contributed by atoms with E-state index in [0.717, 1.165) is 0 Å². The number of hydrogen-bond donors (Lipinski definition) is 2. The van der Waals surface area contributed by atoms with Crippen molar-refractivity contribution in [3.8, 4) is 0 Å². The zero-order valence-corrected chi connectivity index (χ0v) is 11.8. The average Bonchev–Trinajstić information content (AvgIpc) is 2.31. The molecular formula is C11H9Cl2N3O2S. The molecule has 0 aliphatic heterocycles. The second-order valence-corrected chi connectivity index (χ2v) is 6.15. The Balaban J connectivity index is 2.35. The lowest BCUT2D eigenvalue weighted by molar-refractivity contribution is 0.601. The van der Waals surface area contributed by atoms with E-state index in [1.165, 1.54) is 36.5 Å². The summed E-state index contributed by atoms with van der Waals surface area (Å²) in [7, 11) is -3.82. The SMILES string of the molecule is Nc1ccc(S(=O)(=O)Nc2ccc(Cl)cn2)c(Cl)c1. The van der Waals surface area contributed by atoms with Gasteiger partial charge in [0, 0.05) is 11.9 Å². The summed E-state index contributed by atoms with van der Waals surface area (Å²) in [5.41, 5.74) is 5.90. The van der Waals surface area contributed by atoms with Gasteiger partial charge in [-0.2, -0.15) is 0 Å². The quantitative estimate of drug-likeness (QED) is 0.852. The van der Waals surface area contributed by atoms with Gasteiger partial charge in [0.1, 0.15) is 10.7 Å². The van der Waals surface area contributed by atoms with Crippen LogP contribution in [0.15, 0.2) is 41.4 Å². The molecule has 2 aromatic rings. The molecule has 1 aromatic carbocycles. The van der Waals surface area contributed by atoms with Gasteiger partial charge in [-0.05, 0) is 30.3 Å². The second-order valence-electron chi connectivity index (χ2n) is 3.66. The van der Waals surface area contributed by atoms with E-state index >= 15 is 0 Å². The molecule has 5 nitrogen and oxygen atoms in total. The molecule has 0 amide bonds. The molecule has 0 saturated heterocycles. The van der Waals surface area contributed by atoms with Crippen molar-refractivity contribution < 1.29 is 8.42 Å². The minimum absolute atomic E-state index is 0.0430. The molecule has 3 N–H and O–H groups in total. The first-order chi connectivity index (χ1) is 8.88. The zero-order valence-electron chi connectivity index (χ0n) is 9.47. The van der Waals surface area contributed by atoms with Gasteiger partial charge in [-0.15, -0.1) is 0 Å². The minimum Gasteiger partial charge on any atom is -0.399 e. The highest BCUT2D eigenvalue weighted by Gasteiger charge is 2.18. The first-order valence-corrected chi connectivity index (χ1v) is 7.32. The highest BCUT2D eigenvalue weighted by molar-refractivity contribution is 7.92. The van der Waals surface area contributed by atoms with Gasteiger partial charge in [0.05, 0.1) is 10.0 Å². The lowest BCUT2D eigenvalue weighted by atomic mass is 10.3. The summed E-state index contributed by atoms with van der Waals surface area (Å²) in [5, 5.41) is 0.454. The third kappa shape index (κ3) is 3.28. The molecule has 2 rings (SSSR count). The summed E-state index contributed by atoms with van der Waals surface area (Å²) in [6, 6.07) is 7.12. The fourth-order valence-corrected chi connectivity index (χ4v) is 3.04. The van der Waals surface area contributed by atoms with Crippen molar-refractivity contribution in [3.63, 3.8) is 0 Å². The van der Waals surface area contributed by atoms with E-state index in [9.17, 15) is 8.42 Å². The van der Waals surface area contributed by atoms with Crippen LogP contribution in [0.25, 0.3) is 0 Å². The number of nitrogens with zero attached hydrogens (tertiary/aromatic N) is 1. The molecule has 1 aromatic heterocycles. The Morgan fingerprint density at radius 2 is 1.89 bits per heavy atom. The molecule has 19 heavy (non-hydrogen) atoms. The van der Waals surface area contributed by atoms with Crippen LogP contribution in [0.3, 0.4) is 0 Å². The summed E-state index contributed by atoms with van der Waals surface area (Å²) < 4.78 is 26.5. The summed E-state index contributed by atoms with van der Waals surface area (Å²) >= 11 is 11.5. The third-order valence-electron chi connectivity index (χ3n) is 2.21. The Morgan fingerprint density at radius 3 is 2.47 bits per heavy atom. The normalized spacial score (nSPS) is 11.3. The van der Waals surface area contributed by atoms with Crippen LogP contribution < -0.4 is 10.5 Å². The minimum atomic E-state index is -3.82. The van der Waals surface area contributed by atoms with Gasteiger partial charge in [-0.25, -0.2) is 13.4 Å². The molecule has 0 saturated carbocycles. The summed E-state index contributed by atoms with van der Waals surface area (Å²) in [6.07, 6.45) is 1.34. The van der Waals surface area contributed by atoms with Crippen LogP contribution in [0.1, 0.15) is 0 Å². The lowest BCUT2D eigenvalue weighted by Gasteiger charge is -2.09. The highest BCUT2D eigenvalue weighted by Crippen LogP contribution is 2.25. The van der Waals surface area contributed by atoms with Crippen LogP contribution in [0.5, 0.6) is 0 Å². The smallest absolute Gasteiger partial charge is 0.264 e. The van der Waals surface area contributed by atoms with Crippen molar-refractivity contribution in [3.05, 3.63) is 46.6 Å².